The van der Waals surface area contributed by atoms with Gasteiger partial charge in [0, 0.05) is 11.1 Å². The Morgan fingerprint density at radius 1 is 1.11 bits per heavy atom. The zero-order chi connectivity index (χ0) is 13.0. The van der Waals surface area contributed by atoms with Crippen molar-refractivity contribution in [3.8, 4) is 0 Å². The molecule has 1 aliphatic rings. The fourth-order valence-corrected chi connectivity index (χ4v) is 2.93. The molecule has 2 rings (SSSR count). The molecule has 1 aromatic rings. The van der Waals surface area contributed by atoms with Gasteiger partial charge in [-0.2, -0.15) is 0 Å². The van der Waals surface area contributed by atoms with Crippen LogP contribution in [0.4, 0.5) is 0 Å². The molecule has 1 aliphatic carbocycles. The second kappa shape index (κ2) is 6.58. The first-order chi connectivity index (χ1) is 8.65. The molecule has 0 spiro atoms. The molecule has 1 fully saturated rings. The lowest BCUT2D eigenvalue weighted by atomic mass is 9.79. The fraction of sp³-hybridized carbons (Fsp3) is 0.625. The monoisotopic (exact) mass is 265 g/mol. The normalized spacial score (nSPS) is 28.3. The Morgan fingerprint density at radius 2 is 1.83 bits per heavy atom. The molecule has 100 valence electrons. The maximum atomic E-state index is 5.88. The molecule has 18 heavy (non-hydrogen) atoms. The average Bonchev–Trinajstić information content (AvgIpc) is 2.36. The highest BCUT2D eigenvalue weighted by atomic mass is 35.5. The summed E-state index contributed by atoms with van der Waals surface area (Å²) in [7, 11) is 0. The molecule has 1 N–H and O–H groups in total. The van der Waals surface area contributed by atoms with Crippen molar-refractivity contribution in [3.05, 3.63) is 34.9 Å². The highest BCUT2D eigenvalue weighted by molar-refractivity contribution is 6.30. The standard InChI is InChI=1S/C16H24ClN/c1-12-3-8-16(11-13(12)2)18-10-9-14-4-6-15(17)7-5-14/h4-7,12-13,16,18H,3,8-11H2,1-2H3. The Balaban J connectivity index is 1.71. The maximum Gasteiger partial charge on any atom is 0.0406 e. The molecular weight excluding hydrogens is 242 g/mol. The van der Waals surface area contributed by atoms with Crippen LogP contribution in [0, 0.1) is 11.8 Å². The van der Waals surface area contributed by atoms with Crippen LogP contribution in [0.3, 0.4) is 0 Å². The highest BCUT2D eigenvalue weighted by Gasteiger charge is 2.23. The first-order valence-electron chi connectivity index (χ1n) is 7.13. The lowest BCUT2D eigenvalue weighted by Crippen LogP contribution is -2.37. The second-order valence-electron chi connectivity index (χ2n) is 5.80. The van der Waals surface area contributed by atoms with Crippen LogP contribution in [-0.2, 0) is 6.42 Å². The Labute approximate surface area is 116 Å². The van der Waals surface area contributed by atoms with E-state index in [-0.39, 0.29) is 0 Å². The van der Waals surface area contributed by atoms with Gasteiger partial charge in [0.25, 0.3) is 0 Å². The van der Waals surface area contributed by atoms with Gasteiger partial charge in [0.1, 0.15) is 0 Å². The number of hydrogen-bond donors (Lipinski definition) is 1. The minimum atomic E-state index is 0.725. The predicted molar refractivity (Wildman–Crippen MR) is 79.1 cm³/mol. The number of halogens is 1. The second-order valence-corrected chi connectivity index (χ2v) is 6.23. The van der Waals surface area contributed by atoms with Crippen LogP contribution in [0.25, 0.3) is 0 Å². The third-order valence-electron chi connectivity index (χ3n) is 4.36. The van der Waals surface area contributed by atoms with E-state index in [0.29, 0.717) is 0 Å². The van der Waals surface area contributed by atoms with Crippen LogP contribution < -0.4 is 5.32 Å². The van der Waals surface area contributed by atoms with Crippen molar-refractivity contribution in [1.82, 2.24) is 5.32 Å². The van der Waals surface area contributed by atoms with Gasteiger partial charge in [0.15, 0.2) is 0 Å². The van der Waals surface area contributed by atoms with E-state index < -0.39 is 0 Å². The molecule has 3 atom stereocenters. The van der Waals surface area contributed by atoms with Gasteiger partial charge in [-0.15, -0.1) is 0 Å². The lowest BCUT2D eigenvalue weighted by Gasteiger charge is -2.32. The van der Waals surface area contributed by atoms with Gasteiger partial charge >= 0.3 is 0 Å². The van der Waals surface area contributed by atoms with E-state index in [4.69, 9.17) is 11.6 Å². The summed E-state index contributed by atoms with van der Waals surface area (Å²) < 4.78 is 0. The highest BCUT2D eigenvalue weighted by Crippen LogP contribution is 2.29. The van der Waals surface area contributed by atoms with Gasteiger partial charge in [-0.1, -0.05) is 37.6 Å². The number of nitrogens with one attached hydrogen (secondary N) is 1. The van der Waals surface area contributed by atoms with E-state index in [2.05, 4.69) is 31.3 Å². The summed E-state index contributed by atoms with van der Waals surface area (Å²) >= 11 is 5.88. The SMILES string of the molecule is CC1CCC(NCCc2ccc(Cl)cc2)CC1C. The van der Waals surface area contributed by atoms with E-state index in [9.17, 15) is 0 Å². The molecule has 0 bridgehead atoms. The van der Waals surface area contributed by atoms with Crippen molar-refractivity contribution < 1.29 is 0 Å². The Hall–Kier alpha value is -0.530. The van der Waals surface area contributed by atoms with Crippen molar-refractivity contribution in [2.75, 3.05) is 6.54 Å². The van der Waals surface area contributed by atoms with Crippen LogP contribution in [0.1, 0.15) is 38.7 Å². The van der Waals surface area contributed by atoms with E-state index in [1.165, 1.54) is 24.8 Å². The topological polar surface area (TPSA) is 12.0 Å². The largest absolute Gasteiger partial charge is 0.314 e. The minimum absolute atomic E-state index is 0.725. The summed E-state index contributed by atoms with van der Waals surface area (Å²) in [4.78, 5) is 0. The molecular formula is C16H24ClN. The molecule has 0 heterocycles. The van der Waals surface area contributed by atoms with Crippen molar-refractivity contribution in [3.63, 3.8) is 0 Å². The molecule has 0 aromatic heterocycles. The third kappa shape index (κ3) is 4.00. The van der Waals surface area contributed by atoms with Gasteiger partial charge in [0.05, 0.1) is 0 Å². The molecule has 1 saturated carbocycles. The van der Waals surface area contributed by atoms with Crippen LogP contribution in [0.5, 0.6) is 0 Å². The summed E-state index contributed by atoms with van der Waals surface area (Å²) in [5.41, 5.74) is 1.36. The molecule has 0 amide bonds. The van der Waals surface area contributed by atoms with Crippen molar-refractivity contribution in [2.24, 2.45) is 11.8 Å². The zero-order valence-electron chi connectivity index (χ0n) is 11.5. The van der Waals surface area contributed by atoms with Gasteiger partial charge < -0.3 is 5.32 Å². The average molecular weight is 266 g/mol. The number of benzene rings is 1. The molecule has 0 saturated heterocycles. The van der Waals surface area contributed by atoms with E-state index in [0.717, 1.165) is 35.9 Å². The summed E-state index contributed by atoms with van der Waals surface area (Å²) in [6.07, 6.45) is 5.14. The first kappa shape index (κ1) is 13.9. The summed E-state index contributed by atoms with van der Waals surface area (Å²) in [5.74, 6) is 1.77. The Morgan fingerprint density at radius 3 is 2.50 bits per heavy atom. The van der Waals surface area contributed by atoms with E-state index in [1.807, 2.05) is 12.1 Å². The van der Waals surface area contributed by atoms with Crippen LogP contribution in [-0.4, -0.2) is 12.6 Å². The quantitative estimate of drug-likeness (QED) is 0.856. The molecule has 0 radical (unpaired) electrons. The Bertz CT molecular complexity index is 360. The van der Waals surface area contributed by atoms with E-state index >= 15 is 0 Å². The van der Waals surface area contributed by atoms with Crippen LogP contribution >= 0.6 is 11.6 Å². The number of rotatable bonds is 4. The van der Waals surface area contributed by atoms with Crippen LogP contribution in [0.2, 0.25) is 5.02 Å². The predicted octanol–water partition coefficient (Wildman–Crippen LogP) is 4.30. The van der Waals surface area contributed by atoms with Gasteiger partial charge in [-0.05, 0) is 61.8 Å². The van der Waals surface area contributed by atoms with E-state index in [1.54, 1.807) is 0 Å². The van der Waals surface area contributed by atoms with Crippen molar-refractivity contribution in [2.45, 2.75) is 45.6 Å². The lowest BCUT2D eigenvalue weighted by molar-refractivity contribution is 0.227. The third-order valence-corrected chi connectivity index (χ3v) is 4.61. The molecule has 1 nitrogen and oxygen atoms in total. The minimum Gasteiger partial charge on any atom is -0.314 e. The zero-order valence-corrected chi connectivity index (χ0v) is 12.2. The maximum absolute atomic E-state index is 5.88. The fourth-order valence-electron chi connectivity index (χ4n) is 2.80. The molecule has 3 unspecified atom stereocenters. The molecule has 1 aromatic carbocycles. The van der Waals surface area contributed by atoms with Crippen LogP contribution in [0.15, 0.2) is 24.3 Å². The number of hydrogen-bond acceptors (Lipinski definition) is 1. The van der Waals surface area contributed by atoms with Crippen molar-refractivity contribution >= 4 is 11.6 Å². The summed E-state index contributed by atoms with van der Waals surface area (Å²) in [6, 6.07) is 8.91. The Kier molecular flexibility index (Phi) is 5.08. The van der Waals surface area contributed by atoms with Gasteiger partial charge in [0.2, 0.25) is 0 Å². The summed E-state index contributed by atoms with van der Waals surface area (Å²) in [5, 5.41) is 4.52. The molecule has 2 heteroatoms. The van der Waals surface area contributed by atoms with Gasteiger partial charge in [-0.3, -0.25) is 0 Å². The first-order valence-corrected chi connectivity index (χ1v) is 7.51. The summed E-state index contributed by atoms with van der Waals surface area (Å²) in [6.45, 7) is 5.85. The van der Waals surface area contributed by atoms with Gasteiger partial charge in [-0.25, -0.2) is 0 Å². The van der Waals surface area contributed by atoms with Crippen molar-refractivity contribution in [1.29, 1.82) is 0 Å². The smallest absolute Gasteiger partial charge is 0.0406 e. The molecule has 0 aliphatic heterocycles.